The van der Waals surface area contributed by atoms with Crippen molar-refractivity contribution in [1.29, 1.82) is 0 Å². The van der Waals surface area contributed by atoms with Gasteiger partial charge in [-0.2, -0.15) is 11.8 Å². The summed E-state index contributed by atoms with van der Waals surface area (Å²) in [6.45, 7) is 6.03. The molecule has 0 amide bonds. The number of nitrogens with zero attached hydrogens (tertiary/aromatic N) is 2. The lowest BCUT2D eigenvalue weighted by Crippen LogP contribution is -2.47. The van der Waals surface area contributed by atoms with Gasteiger partial charge in [-0.1, -0.05) is 0 Å². The number of likely N-dealkylation sites (tertiary alicyclic amines) is 1. The fourth-order valence-electron chi connectivity index (χ4n) is 2.37. The second-order valence-corrected chi connectivity index (χ2v) is 5.80. The first-order chi connectivity index (χ1) is 9.31. The molecule has 6 heteroatoms. The normalized spacial score (nSPS) is 16.9. The highest BCUT2D eigenvalue weighted by molar-refractivity contribution is 14.0. The topological polar surface area (TPSA) is 36.9 Å². The van der Waals surface area contributed by atoms with Gasteiger partial charge in [-0.25, -0.2) is 0 Å². The molecule has 1 fully saturated rings. The van der Waals surface area contributed by atoms with Gasteiger partial charge in [0, 0.05) is 33.3 Å². The zero-order chi connectivity index (χ0) is 13.9. The molecule has 20 heavy (non-hydrogen) atoms. The maximum atomic E-state index is 5.68. The van der Waals surface area contributed by atoms with Crippen molar-refractivity contribution in [2.75, 3.05) is 45.3 Å². The number of aliphatic imine (C=N–C) groups is 1. The molecule has 1 saturated heterocycles. The van der Waals surface area contributed by atoms with Gasteiger partial charge in [0.25, 0.3) is 0 Å². The Hall–Kier alpha value is 0.310. The van der Waals surface area contributed by atoms with Gasteiger partial charge in [0.05, 0.1) is 6.10 Å². The van der Waals surface area contributed by atoms with Crippen molar-refractivity contribution in [3.63, 3.8) is 0 Å². The van der Waals surface area contributed by atoms with Gasteiger partial charge in [0.1, 0.15) is 0 Å². The predicted octanol–water partition coefficient (Wildman–Crippen LogP) is 2.82. The molecule has 0 saturated carbocycles. The first-order valence-electron chi connectivity index (χ1n) is 7.38. The smallest absolute Gasteiger partial charge is 0.193 e. The zero-order valence-corrected chi connectivity index (χ0v) is 16.2. The minimum atomic E-state index is 0. The van der Waals surface area contributed by atoms with Crippen LogP contribution in [0.4, 0.5) is 0 Å². The minimum Gasteiger partial charge on any atom is -0.378 e. The summed E-state index contributed by atoms with van der Waals surface area (Å²) >= 11 is 1.92. The molecular weight excluding hydrogens is 385 g/mol. The van der Waals surface area contributed by atoms with E-state index in [0.29, 0.717) is 6.10 Å². The number of nitrogens with one attached hydrogen (secondary N) is 1. The van der Waals surface area contributed by atoms with Crippen molar-refractivity contribution >= 4 is 41.7 Å². The van der Waals surface area contributed by atoms with Crippen molar-refractivity contribution in [3.05, 3.63) is 0 Å². The number of hydrogen-bond acceptors (Lipinski definition) is 3. The summed E-state index contributed by atoms with van der Waals surface area (Å²) in [5.74, 6) is 2.30. The van der Waals surface area contributed by atoms with Gasteiger partial charge in [0.2, 0.25) is 0 Å². The summed E-state index contributed by atoms with van der Waals surface area (Å²) in [5.41, 5.74) is 0. The fourth-order valence-corrected chi connectivity index (χ4v) is 2.87. The highest BCUT2D eigenvalue weighted by atomic mass is 127. The third-order valence-electron chi connectivity index (χ3n) is 3.41. The Kier molecular flexibility index (Phi) is 13.2. The molecular formula is C14H30IN3OS. The summed E-state index contributed by atoms with van der Waals surface area (Å²) in [4.78, 5) is 6.74. The quantitative estimate of drug-likeness (QED) is 0.300. The van der Waals surface area contributed by atoms with Crippen LogP contribution >= 0.6 is 35.7 Å². The van der Waals surface area contributed by atoms with Crippen LogP contribution in [0.25, 0.3) is 0 Å². The van der Waals surface area contributed by atoms with Crippen LogP contribution in [0.1, 0.15) is 32.6 Å². The van der Waals surface area contributed by atoms with Crippen molar-refractivity contribution in [2.24, 2.45) is 4.99 Å². The monoisotopic (exact) mass is 415 g/mol. The van der Waals surface area contributed by atoms with E-state index in [4.69, 9.17) is 4.74 Å². The standard InChI is InChI=1S/C14H29N3OS.HI/c1-4-18-13-7-10-17(11-8-13)14(15-2)16-9-5-6-12-19-3;/h13H,4-12H2,1-3H3,(H,15,16);1H. The average Bonchev–Trinajstić information content (AvgIpc) is 2.44. The molecule has 1 heterocycles. The minimum absolute atomic E-state index is 0. The van der Waals surface area contributed by atoms with E-state index in [9.17, 15) is 0 Å². The Bertz CT molecular complexity index is 259. The SMILES string of the molecule is CCOC1CCN(C(=NC)NCCCCSC)CC1.I. The Morgan fingerprint density at radius 2 is 2.05 bits per heavy atom. The summed E-state index contributed by atoms with van der Waals surface area (Å²) < 4.78 is 5.68. The van der Waals surface area contributed by atoms with Crippen LogP contribution < -0.4 is 5.32 Å². The van der Waals surface area contributed by atoms with Gasteiger partial charge in [0.15, 0.2) is 5.96 Å². The zero-order valence-electron chi connectivity index (χ0n) is 13.1. The summed E-state index contributed by atoms with van der Waals surface area (Å²) in [6.07, 6.45) is 7.32. The van der Waals surface area contributed by atoms with Gasteiger partial charge in [-0.3, -0.25) is 4.99 Å². The third kappa shape index (κ3) is 7.93. The molecule has 0 aromatic heterocycles. The van der Waals surface area contributed by atoms with Crippen LogP contribution in [0.3, 0.4) is 0 Å². The lowest BCUT2D eigenvalue weighted by molar-refractivity contribution is 0.0264. The maximum Gasteiger partial charge on any atom is 0.193 e. The summed E-state index contributed by atoms with van der Waals surface area (Å²) in [5, 5.41) is 3.47. The number of thioether (sulfide) groups is 1. The van der Waals surface area contributed by atoms with Crippen molar-refractivity contribution < 1.29 is 4.74 Å². The van der Waals surface area contributed by atoms with E-state index in [1.165, 1.54) is 18.6 Å². The van der Waals surface area contributed by atoms with Gasteiger partial charge < -0.3 is 15.0 Å². The van der Waals surface area contributed by atoms with E-state index in [0.717, 1.165) is 45.0 Å². The first-order valence-corrected chi connectivity index (χ1v) is 8.77. The largest absolute Gasteiger partial charge is 0.378 e. The highest BCUT2D eigenvalue weighted by Gasteiger charge is 2.21. The molecule has 4 nitrogen and oxygen atoms in total. The van der Waals surface area contributed by atoms with Gasteiger partial charge >= 0.3 is 0 Å². The maximum absolute atomic E-state index is 5.68. The lowest BCUT2D eigenvalue weighted by atomic mass is 10.1. The molecule has 0 atom stereocenters. The number of guanidine groups is 1. The van der Waals surface area contributed by atoms with Crippen LogP contribution in [0.2, 0.25) is 0 Å². The third-order valence-corrected chi connectivity index (χ3v) is 4.11. The van der Waals surface area contributed by atoms with Crippen LogP contribution in [0.15, 0.2) is 4.99 Å². The van der Waals surface area contributed by atoms with Crippen LogP contribution in [0.5, 0.6) is 0 Å². The van der Waals surface area contributed by atoms with E-state index in [1.807, 2.05) is 18.8 Å². The van der Waals surface area contributed by atoms with Crippen LogP contribution in [-0.4, -0.2) is 62.3 Å². The molecule has 120 valence electrons. The van der Waals surface area contributed by atoms with E-state index in [1.54, 1.807) is 0 Å². The Morgan fingerprint density at radius 3 is 2.60 bits per heavy atom. The average molecular weight is 415 g/mol. The molecule has 1 N–H and O–H groups in total. The first kappa shape index (κ1) is 20.3. The van der Waals surface area contributed by atoms with Crippen LogP contribution in [-0.2, 0) is 4.74 Å². The second kappa shape index (κ2) is 13.0. The Balaban J connectivity index is 0.00000361. The number of hydrogen-bond donors (Lipinski definition) is 1. The molecule has 1 rings (SSSR count). The van der Waals surface area contributed by atoms with E-state index in [-0.39, 0.29) is 24.0 Å². The van der Waals surface area contributed by atoms with Crippen molar-refractivity contribution in [3.8, 4) is 0 Å². The second-order valence-electron chi connectivity index (χ2n) is 4.82. The van der Waals surface area contributed by atoms with E-state index < -0.39 is 0 Å². The molecule has 1 aliphatic rings. The molecule has 0 aromatic rings. The fraction of sp³-hybridized carbons (Fsp3) is 0.929. The summed E-state index contributed by atoms with van der Waals surface area (Å²) in [7, 11) is 1.87. The molecule has 0 radical (unpaired) electrons. The number of ether oxygens (including phenoxy) is 1. The van der Waals surface area contributed by atoms with Crippen molar-refractivity contribution in [2.45, 2.75) is 38.7 Å². The highest BCUT2D eigenvalue weighted by Crippen LogP contribution is 2.13. The molecule has 0 unspecified atom stereocenters. The van der Waals surface area contributed by atoms with Crippen molar-refractivity contribution in [1.82, 2.24) is 10.2 Å². The number of unbranched alkanes of at least 4 members (excludes halogenated alkanes) is 1. The Morgan fingerprint density at radius 1 is 1.35 bits per heavy atom. The summed E-state index contributed by atoms with van der Waals surface area (Å²) in [6, 6.07) is 0. The Labute approximate surface area is 145 Å². The van der Waals surface area contributed by atoms with Gasteiger partial charge in [-0.05, 0) is 44.6 Å². The predicted molar refractivity (Wildman–Crippen MR) is 101 cm³/mol. The van der Waals surface area contributed by atoms with E-state index in [2.05, 4.69) is 28.4 Å². The number of piperidine rings is 1. The molecule has 0 spiro atoms. The molecule has 1 aliphatic heterocycles. The number of rotatable bonds is 7. The van der Waals surface area contributed by atoms with E-state index >= 15 is 0 Å². The molecule has 0 aliphatic carbocycles. The molecule has 0 bridgehead atoms. The molecule has 0 aromatic carbocycles. The number of halogens is 1. The lowest BCUT2D eigenvalue weighted by Gasteiger charge is -2.34. The van der Waals surface area contributed by atoms with Gasteiger partial charge in [-0.15, -0.1) is 24.0 Å². The van der Waals surface area contributed by atoms with Crippen LogP contribution in [0, 0.1) is 0 Å².